The Kier molecular flexibility index (Phi) is 5.49. The molecule has 0 saturated carbocycles. The normalized spacial score (nSPS) is 10.0. The molecule has 0 amide bonds. The molecule has 0 aliphatic heterocycles. The molecule has 0 radical (unpaired) electrons. The summed E-state index contributed by atoms with van der Waals surface area (Å²) in [7, 11) is 1.70. The van der Waals surface area contributed by atoms with Crippen LogP contribution in [0.2, 0.25) is 0 Å². The third-order valence-electron chi connectivity index (χ3n) is 1.37. The fourth-order valence-corrected chi connectivity index (χ4v) is 1.90. The lowest BCUT2D eigenvalue weighted by Crippen LogP contribution is -2.20. The minimum absolute atomic E-state index is 0.0768. The van der Waals surface area contributed by atoms with Crippen molar-refractivity contribution in [2.75, 3.05) is 24.4 Å². The maximum atomic E-state index is 10.7. The number of methoxy groups -OCH3 is 1. The van der Waals surface area contributed by atoms with Gasteiger partial charge in [0, 0.05) is 0 Å². The Hall–Kier alpha value is -0.180. The molecular formula is C7H15O2S+. The molecule has 2 nitrogen and oxygen atoms in total. The van der Waals surface area contributed by atoms with Crippen LogP contribution in [0.3, 0.4) is 0 Å². The first-order valence-corrected chi connectivity index (χ1v) is 5.18. The summed E-state index contributed by atoms with van der Waals surface area (Å²) in [6, 6.07) is 0. The fraction of sp³-hybridized carbons (Fsp3) is 0.857. The Morgan fingerprint density at radius 1 is 1.40 bits per heavy atom. The standard InChI is InChI=1S/C7H15O2S/c1-4-10(5-2)6-7(8)9-3/h4-6H2,1-3H3/q+1. The number of ether oxygens (including phenoxy) is 1. The van der Waals surface area contributed by atoms with Crippen LogP contribution in [0, 0.1) is 0 Å². The predicted octanol–water partition coefficient (Wildman–Crippen LogP) is 0.817. The van der Waals surface area contributed by atoms with Gasteiger partial charge >= 0.3 is 5.97 Å². The molecule has 0 aliphatic rings. The van der Waals surface area contributed by atoms with Crippen LogP contribution in [0.15, 0.2) is 0 Å². The highest BCUT2D eigenvalue weighted by molar-refractivity contribution is 7.97. The first-order chi connectivity index (χ1) is 4.74. The lowest BCUT2D eigenvalue weighted by molar-refractivity contribution is -0.137. The molecule has 0 aromatic carbocycles. The summed E-state index contributed by atoms with van der Waals surface area (Å²) in [5.41, 5.74) is 0. The maximum absolute atomic E-state index is 10.7. The molecule has 0 aromatic rings. The van der Waals surface area contributed by atoms with Gasteiger partial charge in [0.25, 0.3) is 0 Å². The predicted molar refractivity (Wildman–Crippen MR) is 45.3 cm³/mol. The molecule has 0 fully saturated rings. The van der Waals surface area contributed by atoms with Crippen LogP contribution in [-0.2, 0) is 20.4 Å². The smallest absolute Gasteiger partial charge is 0.355 e. The molecule has 60 valence electrons. The van der Waals surface area contributed by atoms with Gasteiger partial charge in [-0.05, 0) is 24.7 Å². The molecule has 10 heavy (non-hydrogen) atoms. The van der Waals surface area contributed by atoms with Gasteiger partial charge in [-0.1, -0.05) is 0 Å². The Labute approximate surface area is 65.3 Å². The van der Waals surface area contributed by atoms with Gasteiger partial charge in [0.05, 0.1) is 7.11 Å². The van der Waals surface area contributed by atoms with Crippen molar-refractivity contribution in [3.63, 3.8) is 0 Å². The van der Waals surface area contributed by atoms with E-state index in [9.17, 15) is 4.79 Å². The molecule has 0 heterocycles. The third kappa shape index (κ3) is 3.77. The molecule has 0 aliphatic carbocycles. The van der Waals surface area contributed by atoms with E-state index in [1.54, 1.807) is 0 Å². The van der Waals surface area contributed by atoms with Crippen LogP contribution < -0.4 is 0 Å². The van der Waals surface area contributed by atoms with Crippen molar-refractivity contribution in [3.8, 4) is 0 Å². The first kappa shape index (κ1) is 9.82. The summed E-state index contributed by atoms with van der Waals surface area (Å²) >= 11 is 0. The summed E-state index contributed by atoms with van der Waals surface area (Å²) in [6.07, 6.45) is 0. The van der Waals surface area contributed by atoms with Crippen LogP contribution in [0.4, 0.5) is 0 Å². The van der Waals surface area contributed by atoms with Crippen LogP contribution >= 0.6 is 0 Å². The summed E-state index contributed by atoms with van der Waals surface area (Å²) in [5, 5.41) is 0. The van der Waals surface area contributed by atoms with Crippen molar-refractivity contribution in [1.82, 2.24) is 0 Å². The number of hydrogen-bond donors (Lipinski definition) is 0. The van der Waals surface area contributed by atoms with Crippen molar-refractivity contribution in [2.45, 2.75) is 13.8 Å². The largest absolute Gasteiger partial charge is 0.466 e. The van der Waals surface area contributed by atoms with E-state index in [0.29, 0.717) is 5.75 Å². The fourth-order valence-electron chi connectivity index (χ4n) is 0.634. The van der Waals surface area contributed by atoms with E-state index in [0.717, 1.165) is 11.5 Å². The lowest BCUT2D eigenvalue weighted by Gasteiger charge is -2.00. The summed E-state index contributed by atoms with van der Waals surface area (Å²) in [6.45, 7) is 4.21. The van der Waals surface area contributed by atoms with Crippen molar-refractivity contribution in [2.24, 2.45) is 0 Å². The summed E-state index contributed by atoms with van der Waals surface area (Å²) in [4.78, 5) is 10.7. The molecule has 0 N–H and O–H groups in total. The molecule has 3 heteroatoms. The zero-order valence-electron chi connectivity index (χ0n) is 6.85. The highest BCUT2D eigenvalue weighted by Crippen LogP contribution is 1.96. The monoisotopic (exact) mass is 163 g/mol. The Morgan fingerprint density at radius 3 is 2.20 bits per heavy atom. The third-order valence-corrected chi connectivity index (χ3v) is 3.64. The Balaban J connectivity index is 3.52. The summed E-state index contributed by atoms with van der Waals surface area (Å²) < 4.78 is 4.55. The van der Waals surface area contributed by atoms with E-state index in [2.05, 4.69) is 18.6 Å². The maximum Gasteiger partial charge on any atom is 0.355 e. The number of carbonyl (C=O) groups is 1. The van der Waals surface area contributed by atoms with Crippen LogP contribution in [0.1, 0.15) is 13.8 Å². The van der Waals surface area contributed by atoms with E-state index in [-0.39, 0.29) is 16.9 Å². The molecule has 0 spiro atoms. The quantitative estimate of drug-likeness (QED) is 0.453. The van der Waals surface area contributed by atoms with Crippen molar-refractivity contribution in [1.29, 1.82) is 0 Å². The number of rotatable bonds is 4. The zero-order chi connectivity index (χ0) is 7.98. The van der Waals surface area contributed by atoms with Gasteiger partial charge in [0.1, 0.15) is 11.5 Å². The zero-order valence-corrected chi connectivity index (χ0v) is 7.66. The van der Waals surface area contributed by atoms with Gasteiger partial charge in [-0.25, -0.2) is 4.79 Å². The topological polar surface area (TPSA) is 26.3 Å². The molecule has 0 saturated heterocycles. The molecule has 0 rings (SSSR count). The van der Waals surface area contributed by atoms with Crippen LogP contribution in [-0.4, -0.2) is 30.3 Å². The van der Waals surface area contributed by atoms with Crippen molar-refractivity contribution >= 4 is 16.9 Å². The SMILES string of the molecule is CC[S+](CC)CC(=O)OC. The molecular weight excluding hydrogens is 148 g/mol. The number of hydrogen-bond acceptors (Lipinski definition) is 2. The van der Waals surface area contributed by atoms with E-state index >= 15 is 0 Å². The van der Waals surface area contributed by atoms with Crippen molar-refractivity contribution in [3.05, 3.63) is 0 Å². The molecule has 0 unspecified atom stereocenters. The highest BCUT2D eigenvalue weighted by Gasteiger charge is 2.17. The van der Waals surface area contributed by atoms with E-state index < -0.39 is 0 Å². The average molecular weight is 163 g/mol. The minimum atomic E-state index is -0.0768. The van der Waals surface area contributed by atoms with Gasteiger partial charge in [-0.3, -0.25) is 0 Å². The second kappa shape index (κ2) is 5.59. The minimum Gasteiger partial charge on any atom is -0.466 e. The first-order valence-electron chi connectivity index (χ1n) is 3.45. The van der Waals surface area contributed by atoms with Gasteiger partial charge in [-0.2, -0.15) is 0 Å². The van der Waals surface area contributed by atoms with Gasteiger partial charge < -0.3 is 4.74 Å². The molecule has 0 bridgehead atoms. The van der Waals surface area contributed by atoms with Gasteiger partial charge in [0.15, 0.2) is 0 Å². The average Bonchev–Trinajstić information content (AvgIpc) is 1.99. The van der Waals surface area contributed by atoms with Crippen molar-refractivity contribution < 1.29 is 9.53 Å². The van der Waals surface area contributed by atoms with Gasteiger partial charge in [-0.15, -0.1) is 0 Å². The summed E-state index contributed by atoms with van der Waals surface area (Å²) in [5.74, 6) is 2.70. The van der Waals surface area contributed by atoms with Gasteiger partial charge in [0.2, 0.25) is 5.75 Å². The molecule has 0 atom stereocenters. The van der Waals surface area contributed by atoms with E-state index in [1.807, 2.05) is 0 Å². The highest BCUT2D eigenvalue weighted by atomic mass is 32.2. The van der Waals surface area contributed by atoms with Crippen LogP contribution in [0.25, 0.3) is 0 Å². The molecule has 0 aromatic heterocycles. The Bertz CT molecular complexity index is 99.8. The Morgan fingerprint density at radius 2 is 1.90 bits per heavy atom. The second-order valence-electron chi connectivity index (χ2n) is 1.91. The van der Waals surface area contributed by atoms with Crippen LogP contribution in [0.5, 0.6) is 0 Å². The van der Waals surface area contributed by atoms with E-state index in [4.69, 9.17) is 0 Å². The van der Waals surface area contributed by atoms with E-state index in [1.165, 1.54) is 7.11 Å². The number of esters is 1. The lowest BCUT2D eigenvalue weighted by atomic mass is 10.8. The second-order valence-corrected chi connectivity index (χ2v) is 4.58. The number of carbonyl (C=O) groups excluding carboxylic acids is 1.